The molecular weight excluding hydrogens is 250 g/mol. The summed E-state index contributed by atoms with van der Waals surface area (Å²) in [5.74, 6) is 0. The fourth-order valence-electron chi connectivity index (χ4n) is 2.52. The number of rotatable bonds is 9. The van der Waals surface area contributed by atoms with E-state index in [-0.39, 0.29) is 12.1 Å². The monoisotopic (exact) mass is 279 g/mol. The Balaban J connectivity index is 3.04. The molecule has 3 atom stereocenters. The second-order valence-electron chi connectivity index (χ2n) is 5.29. The summed E-state index contributed by atoms with van der Waals surface area (Å²) in [7, 11) is 1.74. The van der Waals surface area contributed by atoms with Crippen molar-refractivity contribution in [2.24, 2.45) is 5.73 Å². The lowest BCUT2D eigenvalue weighted by molar-refractivity contribution is 0.0753. The van der Waals surface area contributed by atoms with E-state index in [1.54, 1.807) is 13.3 Å². The maximum Gasteiger partial charge on any atom is 0.0590 e. The Bertz CT molecular complexity index is 358. The van der Waals surface area contributed by atoms with Crippen molar-refractivity contribution in [1.29, 1.82) is 0 Å². The van der Waals surface area contributed by atoms with E-state index in [2.05, 4.69) is 36.7 Å². The van der Waals surface area contributed by atoms with E-state index in [1.807, 2.05) is 12.3 Å². The number of pyridine rings is 1. The molecule has 0 amide bonds. The van der Waals surface area contributed by atoms with Crippen molar-refractivity contribution in [3.8, 4) is 0 Å². The van der Waals surface area contributed by atoms with Gasteiger partial charge in [0.05, 0.1) is 12.6 Å². The number of nitrogens with two attached hydrogens (primary N) is 1. The maximum absolute atomic E-state index is 6.40. The van der Waals surface area contributed by atoms with Crippen LogP contribution >= 0.6 is 0 Å². The van der Waals surface area contributed by atoms with Gasteiger partial charge in [-0.25, -0.2) is 0 Å². The summed E-state index contributed by atoms with van der Waals surface area (Å²) in [6.07, 6.45) is 5.78. The first kappa shape index (κ1) is 17.1. The van der Waals surface area contributed by atoms with Crippen LogP contribution in [0.25, 0.3) is 0 Å². The number of hydrogen-bond acceptors (Lipinski definition) is 4. The van der Waals surface area contributed by atoms with Crippen LogP contribution in [0.3, 0.4) is 0 Å². The van der Waals surface area contributed by atoms with Crippen molar-refractivity contribution >= 4 is 0 Å². The van der Waals surface area contributed by atoms with Crippen LogP contribution in [0.4, 0.5) is 0 Å². The molecule has 20 heavy (non-hydrogen) atoms. The zero-order chi connectivity index (χ0) is 15.0. The Morgan fingerprint density at radius 3 is 2.60 bits per heavy atom. The number of hydrogen-bond donors (Lipinski definition) is 1. The number of nitrogens with zero attached hydrogens (tertiary/aromatic N) is 2. The predicted octanol–water partition coefficient (Wildman–Crippen LogP) is 2.61. The second-order valence-corrected chi connectivity index (χ2v) is 5.29. The van der Waals surface area contributed by atoms with Crippen molar-refractivity contribution in [2.45, 2.75) is 51.7 Å². The second kappa shape index (κ2) is 9.06. The smallest absolute Gasteiger partial charge is 0.0590 e. The highest BCUT2D eigenvalue weighted by molar-refractivity contribution is 5.16. The van der Waals surface area contributed by atoms with Crippen LogP contribution in [0.5, 0.6) is 0 Å². The Morgan fingerprint density at radius 1 is 1.35 bits per heavy atom. The van der Waals surface area contributed by atoms with Crippen LogP contribution < -0.4 is 5.73 Å². The van der Waals surface area contributed by atoms with Gasteiger partial charge in [0.1, 0.15) is 0 Å². The average Bonchev–Trinajstić information content (AvgIpc) is 2.50. The molecule has 2 N–H and O–H groups in total. The van der Waals surface area contributed by atoms with Crippen LogP contribution in [0.2, 0.25) is 0 Å². The van der Waals surface area contributed by atoms with E-state index in [0.29, 0.717) is 6.04 Å². The van der Waals surface area contributed by atoms with Gasteiger partial charge in [-0.2, -0.15) is 0 Å². The number of methoxy groups -OCH3 is 1. The SMILES string of the molecule is CCC(N)C(c1cccnc1)N(CCOC)C(C)CC. The van der Waals surface area contributed by atoms with Gasteiger partial charge >= 0.3 is 0 Å². The molecule has 0 saturated carbocycles. The molecule has 0 radical (unpaired) electrons. The van der Waals surface area contributed by atoms with E-state index in [1.165, 1.54) is 5.56 Å². The predicted molar refractivity (Wildman–Crippen MR) is 83.6 cm³/mol. The Morgan fingerprint density at radius 2 is 2.10 bits per heavy atom. The molecular formula is C16H29N3O. The zero-order valence-corrected chi connectivity index (χ0v) is 13.2. The van der Waals surface area contributed by atoms with Gasteiger partial charge in [0.15, 0.2) is 0 Å². The molecule has 1 aromatic heterocycles. The number of ether oxygens (including phenoxy) is 1. The third kappa shape index (κ3) is 4.54. The van der Waals surface area contributed by atoms with Gasteiger partial charge < -0.3 is 10.5 Å². The first-order chi connectivity index (χ1) is 9.65. The van der Waals surface area contributed by atoms with Crippen LogP contribution in [0.1, 0.15) is 45.2 Å². The summed E-state index contributed by atoms with van der Waals surface area (Å²) in [4.78, 5) is 6.71. The van der Waals surface area contributed by atoms with Crippen molar-refractivity contribution in [1.82, 2.24) is 9.88 Å². The maximum atomic E-state index is 6.40. The Hall–Kier alpha value is -0.970. The summed E-state index contributed by atoms with van der Waals surface area (Å²) < 4.78 is 5.27. The van der Waals surface area contributed by atoms with Gasteiger partial charge in [-0.3, -0.25) is 9.88 Å². The van der Waals surface area contributed by atoms with Crippen LogP contribution in [0, 0.1) is 0 Å². The topological polar surface area (TPSA) is 51.4 Å². The van der Waals surface area contributed by atoms with E-state index in [9.17, 15) is 0 Å². The molecule has 1 rings (SSSR count). The average molecular weight is 279 g/mol. The molecule has 1 aromatic rings. The minimum Gasteiger partial charge on any atom is -0.383 e. The lowest BCUT2D eigenvalue weighted by Gasteiger charge is -2.39. The number of aromatic nitrogens is 1. The normalized spacial score (nSPS) is 16.1. The van der Waals surface area contributed by atoms with Gasteiger partial charge in [0.25, 0.3) is 0 Å². The van der Waals surface area contributed by atoms with Gasteiger partial charge in [0, 0.05) is 38.1 Å². The molecule has 4 heteroatoms. The molecule has 4 nitrogen and oxygen atoms in total. The minimum absolute atomic E-state index is 0.102. The first-order valence-electron chi connectivity index (χ1n) is 7.55. The van der Waals surface area contributed by atoms with E-state index < -0.39 is 0 Å². The van der Waals surface area contributed by atoms with Crippen LogP contribution in [-0.4, -0.2) is 42.2 Å². The quantitative estimate of drug-likeness (QED) is 0.755. The first-order valence-corrected chi connectivity index (χ1v) is 7.55. The lowest BCUT2D eigenvalue weighted by Crippen LogP contribution is -2.46. The van der Waals surface area contributed by atoms with E-state index in [4.69, 9.17) is 10.5 Å². The molecule has 0 fully saturated rings. The molecule has 3 unspecified atom stereocenters. The Kier molecular flexibility index (Phi) is 7.73. The van der Waals surface area contributed by atoms with Gasteiger partial charge in [0.2, 0.25) is 0 Å². The molecule has 114 valence electrons. The lowest BCUT2D eigenvalue weighted by atomic mass is 9.95. The summed E-state index contributed by atoms with van der Waals surface area (Å²) in [5, 5.41) is 0. The summed E-state index contributed by atoms with van der Waals surface area (Å²) in [6, 6.07) is 4.86. The largest absolute Gasteiger partial charge is 0.383 e. The zero-order valence-electron chi connectivity index (χ0n) is 13.2. The molecule has 0 aliphatic carbocycles. The third-order valence-corrected chi connectivity index (χ3v) is 3.97. The highest BCUT2D eigenvalue weighted by atomic mass is 16.5. The van der Waals surface area contributed by atoms with Crippen molar-refractivity contribution in [3.05, 3.63) is 30.1 Å². The van der Waals surface area contributed by atoms with Crippen LogP contribution in [-0.2, 0) is 4.74 Å². The van der Waals surface area contributed by atoms with Gasteiger partial charge in [-0.05, 0) is 31.4 Å². The van der Waals surface area contributed by atoms with Crippen LogP contribution in [0.15, 0.2) is 24.5 Å². The van der Waals surface area contributed by atoms with E-state index >= 15 is 0 Å². The molecule has 0 aromatic carbocycles. The highest BCUT2D eigenvalue weighted by Gasteiger charge is 2.28. The minimum atomic E-state index is 0.102. The standard InChI is InChI=1S/C16H29N3O/c1-5-13(3)19(10-11-20-4)16(15(17)6-2)14-8-7-9-18-12-14/h7-9,12-13,15-16H,5-6,10-11,17H2,1-4H3. The molecule has 0 saturated heterocycles. The summed E-state index contributed by atoms with van der Waals surface area (Å²) >= 11 is 0. The van der Waals surface area contributed by atoms with Gasteiger partial charge in [-0.15, -0.1) is 0 Å². The molecule has 0 spiro atoms. The van der Waals surface area contributed by atoms with Crippen molar-refractivity contribution in [3.63, 3.8) is 0 Å². The van der Waals surface area contributed by atoms with Crippen molar-refractivity contribution < 1.29 is 4.74 Å². The molecule has 0 bridgehead atoms. The third-order valence-electron chi connectivity index (χ3n) is 3.97. The van der Waals surface area contributed by atoms with Gasteiger partial charge in [-0.1, -0.05) is 19.9 Å². The fourth-order valence-corrected chi connectivity index (χ4v) is 2.52. The molecule has 1 heterocycles. The highest BCUT2D eigenvalue weighted by Crippen LogP contribution is 2.27. The Labute approximate surface area is 123 Å². The summed E-state index contributed by atoms with van der Waals surface area (Å²) in [6.45, 7) is 8.21. The molecule has 0 aliphatic rings. The summed E-state index contributed by atoms with van der Waals surface area (Å²) in [5.41, 5.74) is 7.60. The van der Waals surface area contributed by atoms with E-state index in [0.717, 1.165) is 26.0 Å². The van der Waals surface area contributed by atoms with Crippen molar-refractivity contribution in [2.75, 3.05) is 20.3 Å². The molecule has 0 aliphatic heterocycles. The fraction of sp³-hybridized carbons (Fsp3) is 0.688.